The third kappa shape index (κ3) is 1.54. The van der Waals surface area contributed by atoms with Crippen LogP contribution in [0.2, 0.25) is 0 Å². The molecule has 6 aromatic heterocycles. The van der Waals surface area contributed by atoms with Crippen LogP contribution in [0.4, 0.5) is 0 Å². The number of thiophene rings is 2. The molecule has 0 aliphatic carbocycles. The van der Waals surface area contributed by atoms with E-state index in [2.05, 4.69) is 82.1 Å². The van der Waals surface area contributed by atoms with Crippen molar-refractivity contribution in [1.29, 1.82) is 0 Å². The summed E-state index contributed by atoms with van der Waals surface area (Å²) < 4.78 is 8.57. The minimum absolute atomic E-state index is 1.28. The standard InChI is InChI=1S/C20H12N2S2/c1-3-9-21-11-7-15-17(13(21)5-1)19-18-14-6-2-4-10-22(14)12-8-16(18)24-20(19)23-15/h1-12H/q+2. The molecule has 6 rings (SSSR count). The molecule has 0 aliphatic heterocycles. The summed E-state index contributed by atoms with van der Waals surface area (Å²) in [7, 11) is 0. The maximum atomic E-state index is 2.24. The Kier molecular flexibility index (Phi) is 2.40. The number of rotatable bonds is 0. The highest BCUT2D eigenvalue weighted by Crippen LogP contribution is 2.45. The average Bonchev–Trinajstić information content (AvgIpc) is 3.17. The molecule has 0 atom stereocenters. The molecule has 0 spiro atoms. The molecule has 0 aromatic carbocycles. The van der Waals surface area contributed by atoms with E-state index < -0.39 is 0 Å². The van der Waals surface area contributed by atoms with E-state index >= 15 is 0 Å². The Morgan fingerprint density at radius 3 is 1.62 bits per heavy atom. The van der Waals surface area contributed by atoms with Crippen LogP contribution in [0.5, 0.6) is 0 Å². The predicted molar refractivity (Wildman–Crippen MR) is 101 cm³/mol. The summed E-state index contributed by atoms with van der Waals surface area (Å²) in [4.78, 5) is 0. The zero-order chi connectivity index (χ0) is 15.7. The van der Waals surface area contributed by atoms with Gasteiger partial charge >= 0.3 is 0 Å². The number of nitrogens with zero attached hydrogens (tertiary/aromatic N) is 2. The summed E-state index contributed by atoms with van der Waals surface area (Å²) in [5.74, 6) is 0. The van der Waals surface area contributed by atoms with Crippen LogP contribution in [0.25, 0.3) is 40.6 Å². The van der Waals surface area contributed by atoms with Crippen LogP contribution in [-0.2, 0) is 0 Å². The van der Waals surface area contributed by atoms with Crippen molar-refractivity contribution in [3.63, 3.8) is 0 Å². The summed E-state index contributed by atoms with van der Waals surface area (Å²) in [5.41, 5.74) is 2.55. The molecule has 0 N–H and O–H groups in total. The normalized spacial score (nSPS) is 12.2. The lowest BCUT2D eigenvalue weighted by Gasteiger charge is -1.96. The second-order valence-electron chi connectivity index (χ2n) is 5.96. The Morgan fingerprint density at radius 2 is 1.08 bits per heavy atom. The Bertz CT molecular complexity index is 1300. The molecule has 24 heavy (non-hydrogen) atoms. The van der Waals surface area contributed by atoms with Gasteiger partial charge in [0.2, 0.25) is 11.0 Å². The van der Waals surface area contributed by atoms with Crippen LogP contribution < -0.4 is 8.80 Å². The largest absolute Gasteiger partial charge is 0.220 e. The fourth-order valence-corrected chi connectivity index (χ4v) is 6.23. The van der Waals surface area contributed by atoms with E-state index in [0.29, 0.717) is 0 Å². The van der Waals surface area contributed by atoms with Gasteiger partial charge in [0.1, 0.15) is 0 Å². The minimum atomic E-state index is 1.28. The summed E-state index contributed by atoms with van der Waals surface area (Å²) in [6, 6.07) is 17.3. The number of pyridine rings is 4. The molecule has 6 heterocycles. The zero-order valence-corrected chi connectivity index (χ0v) is 14.3. The van der Waals surface area contributed by atoms with Gasteiger partial charge in [0.25, 0.3) is 0 Å². The maximum Gasteiger partial charge on any atom is 0.220 e. The summed E-state index contributed by atoms with van der Waals surface area (Å²) in [6.07, 6.45) is 8.57. The predicted octanol–water partition coefficient (Wildman–Crippen LogP) is 4.75. The third-order valence-corrected chi connectivity index (χ3v) is 7.07. The van der Waals surface area contributed by atoms with Crippen LogP contribution in [-0.4, -0.2) is 0 Å². The monoisotopic (exact) mass is 344 g/mol. The van der Waals surface area contributed by atoms with Crippen molar-refractivity contribution in [3.05, 3.63) is 73.3 Å². The molecule has 0 saturated carbocycles. The van der Waals surface area contributed by atoms with E-state index in [1.165, 1.54) is 40.6 Å². The molecule has 0 aliphatic rings. The average molecular weight is 344 g/mol. The second kappa shape index (κ2) is 4.50. The first-order valence-corrected chi connectivity index (χ1v) is 9.50. The lowest BCUT2D eigenvalue weighted by Crippen LogP contribution is -2.20. The molecule has 112 valence electrons. The first-order chi connectivity index (χ1) is 11.9. The molecule has 6 aromatic rings. The molecule has 2 nitrogen and oxygen atoms in total. The zero-order valence-electron chi connectivity index (χ0n) is 12.6. The number of hydrogen-bond acceptors (Lipinski definition) is 2. The number of aromatic nitrogens is 2. The van der Waals surface area contributed by atoms with Crippen molar-refractivity contribution in [1.82, 2.24) is 0 Å². The SMILES string of the molecule is c1cc[n+]2ccc3sc4sc5cc[n+]6ccccc6c5c4c3c2c1. The van der Waals surface area contributed by atoms with Gasteiger partial charge in [-0.15, -0.1) is 22.7 Å². The Balaban J connectivity index is 2.00. The van der Waals surface area contributed by atoms with E-state index in [1.807, 2.05) is 22.7 Å². The number of hydrogen-bond donors (Lipinski definition) is 0. The lowest BCUT2D eigenvalue weighted by molar-refractivity contribution is -0.510. The molecule has 0 bridgehead atoms. The fourth-order valence-electron chi connectivity index (χ4n) is 3.64. The van der Waals surface area contributed by atoms with Crippen LogP contribution >= 0.6 is 22.7 Å². The van der Waals surface area contributed by atoms with Gasteiger partial charge < -0.3 is 0 Å². The van der Waals surface area contributed by atoms with Crippen molar-refractivity contribution in [2.24, 2.45) is 0 Å². The molecule has 0 fully saturated rings. The van der Waals surface area contributed by atoms with Gasteiger partial charge in [-0.2, -0.15) is 8.80 Å². The van der Waals surface area contributed by atoms with E-state index in [0.717, 1.165) is 0 Å². The minimum Gasteiger partial charge on any atom is -0.167 e. The fraction of sp³-hybridized carbons (Fsp3) is 0. The Hall–Kier alpha value is -2.56. The van der Waals surface area contributed by atoms with Gasteiger partial charge in [0.15, 0.2) is 24.8 Å². The van der Waals surface area contributed by atoms with E-state index in [9.17, 15) is 0 Å². The molecule has 0 radical (unpaired) electrons. The van der Waals surface area contributed by atoms with Gasteiger partial charge in [-0.25, -0.2) is 0 Å². The number of fused-ring (bicyclic) bond motifs is 9. The third-order valence-electron chi connectivity index (χ3n) is 4.67. The highest BCUT2D eigenvalue weighted by Gasteiger charge is 2.21. The highest BCUT2D eigenvalue weighted by molar-refractivity contribution is 7.44. The second-order valence-corrected chi connectivity index (χ2v) is 8.33. The van der Waals surface area contributed by atoms with E-state index in [1.54, 1.807) is 0 Å². The van der Waals surface area contributed by atoms with Gasteiger partial charge in [0, 0.05) is 51.2 Å². The maximum absolute atomic E-state index is 2.24. The quantitative estimate of drug-likeness (QED) is 0.352. The summed E-state index contributed by atoms with van der Waals surface area (Å²) >= 11 is 3.81. The Labute approximate surface area is 145 Å². The molecule has 0 amide bonds. The van der Waals surface area contributed by atoms with Crippen LogP contribution in [0.1, 0.15) is 0 Å². The van der Waals surface area contributed by atoms with Crippen molar-refractivity contribution >= 4 is 63.3 Å². The van der Waals surface area contributed by atoms with E-state index in [4.69, 9.17) is 0 Å². The van der Waals surface area contributed by atoms with Crippen molar-refractivity contribution in [2.75, 3.05) is 0 Å². The molecular weight excluding hydrogens is 332 g/mol. The molecule has 4 heteroatoms. The molecule has 0 unspecified atom stereocenters. The van der Waals surface area contributed by atoms with Crippen molar-refractivity contribution in [2.45, 2.75) is 0 Å². The summed E-state index contributed by atoms with van der Waals surface area (Å²) in [6.45, 7) is 0. The smallest absolute Gasteiger partial charge is 0.167 e. The van der Waals surface area contributed by atoms with Crippen molar-refractivity contribution < 1.29 is 8.80 Å². The summed E-state index contributed by atoms with van der Waals surface area (Å²) in [5, 5.41) is 4.16. The first-order valence-electron chi connectivity index (χ1n) is 7.87. The Morgan fingerprint density at radius 1 is 0.542 bits per heavy atom. The van der Waals surface area contributed by atoms with Gasteiger partial charge in [-0.1, -0.05) is 0 Å². The van der Waals surface area contributed by atoms with Gasteiger partial charge in [0.05, 0.1) is 14.8 Å². The van der Waals surface area contributed by atoms with Crippen LogP contribution in [0.3, 0.4) is 0 Å². The molecule has 0 saturated heterocycles. The van der Waals surface area contributed by atoms with Crippen LogP contribution in [0, 0.1) is 0 Å². The highest BCUT2D eigenvalue weighted by atomic mass is 32.2. The van der Waals surface area contributed by atoms with Crippen LogP contribution in [0.15, 0.2) is 73.3 Å². The first kappa shape index (κ1) is 12.8. The van der Waals surface area contributed by atoms with Crippen molar-refractivity contribution in [3.8, 4) is 0 Å². The van der Waals surface area contributed by atoms with Gasteiger partial charge in [-0.3, -0.25) is 0 Å². The van der Waals surface area contributed by atoms with E-state index in [-0.39, 0.29) is 0 Å². The molecular formula is C20H12N2S2+2. The van der Waals surface area contributed by atoms with Gasteiger partial charge in [-0.05, 0) is 12.1 Å². The lowest BCUT2D eigenvalue weighted by atomic mass is 10.1. The topological polar surface area (TPSA) is 8.20 Å².